The SMILES string of the molecule is COc1ccc(S(=O)(=O)N2CC[NH2+]CC2)cc1[N+](=O)[O-]. The van der Waals surface area contributed by atoms with E-state index in [-0.39, 0.29) is 16.3 Å². The lowest BCUT2D eigenvalue weighted by Gasteiger charge is -2.24. The summed E-state index contributed by atoms with van der Waals surface area (Å²) in [5.41, 5.74) is -0.350. The molecule has 1 aliphatic rings. The summed E-state index contributed by atoms with van der Waals surface area (Å²) in [6.07, 6.45) is 0. The molecule has 1 heterocycles. The molecule has 0 aliphatic carbocycles. The molecule has 0 saturated carbocycles. The number of methoxy groups -OCH3 is 1. The molecule has 20 heavy (non-hydrogen) atoms. The van der Waals surface area contributed by atoms with E-state index in [9.17, 15) is 18.5 Å². The van der Waals surface area contributed by atoms with Crippen LogP contribution in [0.25, 0.3) is 0 Å². The number of hydrogen-bond donors (Lipinski definition) is 1. The van der Waals surface area contributed by atoms with Gasteiger partial charge in [-0.25, -0.2) is 8.42 Å². The minimum absolute atomic E-state index is 0.0425. The van der Waals surface area contributed by atoms with Gasteiger partial charge in [0.1, 0.15) is 0 Å². The number of quaternary nitrogens is 1. The topological polar surface area (TPSA) is 106 Å². The van der Waals surface area contributed by atoms with Crippen LogP contribution in [0.5, 0.6) is 5.75 Å². The molecule has 2 rings (SSSR count). The van der Waals surface area contributed by atoms with Gasteiger partial charge in [-0.1, -0.05) is 0 Å². The number of benzene rings is 1. The Morgan fingerprint density at radius 3 is 2.55 bits per heavy atom. The van der Waals surface area contributed by atoms with E-state index in [1.54, 1.807) is 0 Å². The molecule has 9 heteroatoms. The molecule has 0 bridgehead atoms. The third-order valence-electron chi connectivity index (χ3n) is 3.15. The van der Waals surface area contributed by atoms with Crippen LogP contribution >= 0.6 is 0 Å². The zero-order valence-corrected chi connectivity index (χ0v) is 11.8. The predicted octanol–water partition coefficient (Wildman–Crippen LogP) is -0.829. The van der Waals surface area contributed by atoms with Crippen LogP contribution in [0.3, 0.4) is 0 Å². The summed E-state index contributed by atoms with van der Waals surface area (Å²) < 4.78 is 31.0. The van der Waals surface area contributed by atoms with Gasteiger partial charge in [0.05, 0.1) is 43.1 Å². The summed E-state index contributed by atoms with van der Waals surface area (Å²) in [6.45, 7) is 2.19. The number of rotatable bonds is 4. The van der Waals surface area contributed by atoms with E-state index in [4.69, 9.17) is 4.74 Å². The van der Waals surface area contributed by atoms with Gasteiger partial charge in [-0.05, 0) is 12.1 Å². The van der Waals surface area contributed by atoms with Gasteiger partial charge in [0.2, 0.25) is 10.0 Å². The van der Waals surface area contributed by atoms with Crippen LogP contribution in [0, 0.1) is 10.1 Å². The molecule has 0 unspecified atom stereocenters. The smallest absolute Gasteiger partial charge is 0.312 e. The minimum Gasteiger partial charge on any atom is -0.490 e. The summed E-state index contributed by atoms with van der Waals surface area (Å²) >= 11 is 0. The van der Waals surface area contributed by atoms with E-state index in [0.29, 0.717) is 26.2 Å². The number of nitrogens with zero attached hydrogens (tertiary/aromatic N) is 2. The Kier molecular flexibility index (Phi) is 4.21. The van der Waals surface area contributed by atoms with E-state index < -0.39 is 14.9 Å². The molecule has 0 amide bonds. The normalized spacial score (nSPS) is 16.9. The molecule has 1 aliphatic heterocycles. The molecule has 1 aromatic carbocycles. The standard InChI is InChI=1S/C11H15N3O5S/c1-19-11-3-2-9(8-10(11)14(15)16)20(17,18)13-6-4-12-5-7-13/h2-3,8,12H,4-7H2,1H3/p+1. The molecule has 0 aromatic heterocycles. The van der Waals surface area contributed by atoms with Gasteiger partial charge in [-0.3, -0.25) is 10.1 Å². The highest BCUT2D eigenvalue weighted by atomic mass is 32.2. The van der Waals surface area contributed by atoms with Gasteiger partial charge in [-0.15, -0.1) is 0 Å². The van der Waals surface area contributed by atoms with Crippen LogP contribution in [-0.4, -0.2) is 50.9 Å². The molecule has 2 N–H and O–H groups in total. The van der Waals surface area contributed by atoms with E-state index in [1.165, 1.54) is 23.5 Å². The first-order chi connectivity index (χ1) is 9.46. The van der Waals surface area contributed by atoms with Crippen molar-refractivity contribution in [3.63, 3.8) is 0 Å². The zero-order chi connectivity index (χ0) is 14.8. The largest absolute Gasteiger partial charge is 0.490 e. The Balaban J connectivity index is 2.41. The van der Waals surface area contributed by atoms with Crippen molar-refractivity contribution in [2.75, 3.05) is 33.3 Å². The minimum atomic E-state index is -3.69. The van der Waals surface area contributed by atoms with Gasteiger partial charge in [0, 0.05) is 6.07 Å². The average molecular weight is 302 g/mol. The van der Waals surface area contributed by atoms with Crippen molar-refractivity contribution in [3.8, 4) is 5.75 Å². The molecule has 1 saturated heterocycles. The maximum absolute atomic E-state index is 12.4. The van der Waals surface area contributed by atoms with Crippen molar-refractivity contribution < 1.29 is 23.4 Å². The predicted molar refractivity (Wildman–Crippen MR) is 70.1 cm³/mol. The van der Waals surface area contributed by atoms with Crippen LogP contribution in [0.1, 0.15) is 0 Å². The lowest BCUT2D eigenvalue weighted by atomic mass is 10.3. The number of hydrogen-bond acceptors (Lipinski definition) is 5. The molecule has 8 nitrogen and oxygen atoms in total. The fraction of sp³-hybridized carbons (Fsp3) is 0.455. The Labute approximate surface area is 116 Å². The monoisotopic (exact) mass is 302 g/mol. The Morgan fingerprint density at radius 2 is 2.00 bits per heavy atom. The lowest BCUT2D eigenvalue weighted by molar-refractivity contribution is -0.661. The first kappa shape index (κ1) is 14.7. The number of piperazine rings is 1. The summed E-state index contributed by atoms with van der Waals surface area (Å²) in [5, 5.41) is 13.0. The number of nitro groups is 1. The van der Waals surface area contributed by atoms with Gasteiger partial charge in [0.15, 0.2) is 5.75 Å². The molecule has 110 valence electrons. The van der Waals surface area contributed by atoms with Gasteiger partial charge >= 0.3 is 5.69 Å². The van der Waals surface area contributed by atoms with E-state index in [2.05, 4.69) is 0 Å². The molecule has 0 spiro atoms. The highest BCUT2D eigenvalue weighted by molar-refractivity contribution is 7.89. The molecular formula is C11H16N3O5S+. The van der Waals surface area contributed by atoms with E-state index >= 15 is 0 Å². The summed E-state index contributed by atoms with van der Waals surface area (Å²) in [7, 11) is -2.39. The van der Waals surface area contributed by atoms with Gasteiger partial charge in [-0.2, -0.15) is 4.31 Å². The molecule has 0 atom stereocenters. The van der Waals surface area contributed by atoms with Gasteiger partial charge < -0.3 is 10.1 Å². The Bertz CT molecular complexity index is 610. The molecule has 0 radical (unpaired) electrons. The molecule has 1 fully saturated rings. The van der Waals surface area contributed by atoms with Crippen molar-refractivity contribution in [1.82, 2.24) is 4.31 Å². The summed E-state index contributed by atoms with van der Waals surface area (Å²) in [5.74, 6) is 0.0425. The molecule has 1 aromatic rings. The maximum atomic E-state index is 12.4. The molecular weight excluding hydrogens is 286 g/mol. The van der Waals surface area contributed by atoms with Gasteiger partial charge in [0.25, 0.3) is 0 Å². The summed E-state index contributed by atoms with van der Waals surface area (Å²) in [4.78, 5) is 10.2. The number of nitrogens with two attached hydrogens (primary N) is 1. The zero-order valence-electron chi connectivity index (χ0n) is 11.0. The van der Waals surface area contributed by atoms with Crippen molar-refractivity contribution in [2.45, 2.75) is 4.90 Å². The van der Waals surface area contributed by atoms with Crippen LogP contribution in [0.2, 0.25) is 0 Å². The fourth-order valence-electron chi connectivity index (χ4n) is 2.09. The summed E-state index contributed by atoms with van der Waals surface area (Å²) in [6, 6.07) is 3.69. The van der Waals surface area contributed by atoms with E-state index in [0.717, 1.165) is 6.07 Å². The van der Waals surface area contributed by atoms with Crippen LogP contribution in [0.4, 0.5) is 5.69 Å². The maximum Gasteiger partial charge on any atom is 0.312 e. The van der Waals surface area contributed by atoms with Crippen molar-refractivity contribution in [1.29, 1.82) is 0 Å². The first-order valence-corrected chi connectivity index (χ1v) is 7.55. The second-order valence-electron chi connectivity index (χ2n) is 4.36. The highest BCUT2D eigenvalue weighted by Crippen LogP contribution is 2.30. The third kappa shape index (κ3) is 2.74. The van der Waals surface area contributed by atoms with Crippen molar-refractivity contribution >= 4 is 15.7 Å². The second kappa shape index (κ2) is 5.73. The fourth-order valence-corrected chi connectivity index (χ4v) is 3.58. The number of ether oxygens (including phenoxy) is 1. The van der Waals surface area contributed by atoms with Crippen molar-refractivity contribution in [2.24, 2.45) is 0 Å². The van der Waals surface area contributed by atoms with Crippen LogP contribution in [-0.2, 0) is 10.0 Å². The van der Waals surface area contributed by atoms with Crippen molar-refractivity contribution in [3.05, 3.63) is 28.3 Å². The Morgan fingerprint density at radius 1 is 1.35 bits per heavy atom. The lowest BCUT2D eigenvalue weighted by Crippen LogP contribution is -2.89. The number of nitro benzene ring substituents is 1. The second-order valence-corrected chi connectivity index (χ2v) is 6.30. The number of sulfonamides is 1. The van der Waals surface area contributed by atoms with E-state index in [1.807, 2.05) is 5.32 Å². The third-order valence-corrected chi connectivity index (χ3v) is 5.04. The Hall–Kier alpha value is -1.71. The first-order valence-electron chi connectivity index (χ1n) is 6.11. The average Bonchev–Trinajstić information content (AvgIpc) is 2.47. The van der Waals surface area contributed by atoms with Crippen LogP contribution < -0.4 is 10.1 Å². The van der Waals surface area contributed by atoms with Crippen LogP contribution in [0.15, 0.2) is 23.1 Å². The quantitative estimate of drug-likeness (QED) is 0.577. The highest BCUT2D eigenvalue weighted by Gasteiger charge is 2.29.